The van der Waals surface area contributed by atoms with Crippen LogP contribution in [0.3, 0.4) is 0 Å². The molecule has 0 bridgehead atoms. The Morgan fingerprint density at radius 2 is 1.46 bits per heavy atom. The zero-order chi connectivity index (χ0) is 19.3. The van der Waals surface area contributed by atoms with Crippen LogP contribution in [0, 0.1) is 0 Å². The van der Waals surface area contributed by atoms with E-state index >= 15 is 0 Å². The van der Waals surface area contributed by atoms with Crippen LogP contribution < -0.4 is 4.74 Å². The summed E-state index contributed by atoms with van der Waals surface area (Å²) in [6.45, 7) is 2.57. The van der Waals surface area contributed by atoms with E-state index in [4.69, 9.17) is 9.47 Å². The summed E-state index contributed by atoms with van der Waals surface area (Å²) in [5, 5.41) is 0. The Morgan fingerprint density at radius 1 is 0.821 bits per heavy atom. The van der Waals surface area contributed by atoms with E-state index in [1.54, 1.807) is 6.08 Å². The highest BCUT2D eigenvalue weighted by molar-refractivity contribution is 6.05. The fourth-order valence-electron chi connectivity index (χ4n) is 3.10. The molecule has 3 aromatic carbocycles. The topological polar surface area (TPSA) is 35.5 Å². The zero-order valence-electron chi connectivity index (χ0n) is 15.6. The second kappa shape index (κ2) is 7.97. The van der Waals surface area contributed by atoms with Crippen LogP contribution in [-0.2, 0) is 9.53 Å². The molecule has 1 aliphatic rings. The van der Waals surface area contributed by atoms with Crippen LogP contribution in [0.5, 0.6) is 5.75 Å². The standard InChI is InChI=1S/C25H20O3/c1-2-27-23-14-8-18(9-15-23)16-22-17-24(28-25(22)26)21-12-10-20(11-13-21)19-6-4-3-5-7-19/h3-17H,2H2,1H3/b22-16+. The van der Waals surface area contributed by atoms with Gasteiger partial charge in [0.15, 0.2) is 0 Å². The van der Waals surface area contributed by atoms with Crippen LogP contribution in [-0.4, -0.2) is 12.6 Å². The van der Waals surface area contributed by atoms with Gasteiger partial charge in [0.25, 0.3) is 0 Å². The molecular formula is C25H20O3. The largest absolute Gasteiger partial charge is 0.494 e. The van der Waals surface area contributed by atoms with E-state index in [1.165, 1.54) is 0 Å². The molecule has 3 nitrogen and oxygen atoms in total. The molecule has 0 radical (unpaired) electrons. The maximum Gasteiger partial charge on any atom is 0.343 e. The lowest BCUT2D eigenvalue weighted by Gasteiger charge is -2.05. The molecule has 28 heavy (non-hydrogen) atoms. The molecule has 138 valence electrons. The normalized spacial score (nSPS) is 14.7. The average molecular weight is 368 g/mol. The minimum Gasteiger partial charge on any atom is -0.494 e. The molecule has 0 saturated carbocycles. The number of rotatable bonds is 5. The highest BCUT2D eigenvalue weighted by Gasteiger charge is 2.22. The summed E-state index contributed by atoms with van der Waals surface area (Å²) in [6, 6.07) is 25.8. The number of carbonyl (C=O) groups excluding carboxylic acids is 1. The molecule has 0 fully saturated rings. The molecule has 0 aromatic heterocycles. The predicted octanol–water partition coefficient (Wildman–Crippen LogP) is 5.73. The second-order valence-corrected chi connectivity index (χ2v) is 6.44. The van der Waals surface area contributed by atoms with Crippen LogP contribution in [0.15, 0.2) is 90.5 Å². The molecule has 0 atom stereocenters. The van der Waals surface area contributed by atoms with Crippen molar-refractivity contribution in [3.8, 4) is 16.9 Å². The molecule has 0 saturated heterocycles. The van der Waals surface area contributed by atoms with E-state index in [0.29, 0.717) is 17.9 Å². The van der Waals surface area contributed by atoms with E-state index in [-0.39, 0.29) is 5.97 Å². The number of ether oxygens (including phenoxy) is 2. The first kappa shape index (κ1) is 17.8. The molecule has 0 spiro atoms. The zero-order valence-corrected chi connectivity index (χ0v) is 15.6. The molecule has 0 N–H and O–H groups in total. The van der Waals surface area contributed by atoms with Gasteiger partial charge in [-0.15, -0.1) is 0 Å². The van der Waals surface area contributed by atoms with Crippen molar-refractivity contribution < 1.29 is 14.3 Å². The lowest BCUT2D eigenvalue weighted by Crippen LogP contribution is -1.97. The summed E-state index contributed by atoms with van der Waals surface area (Å²) >= 11 is 0. The summed E-state index contributed by atoms with van der Waals surface area (Å²) in [6.07, 6.45) is 3.61. The van der Waals surface area contributed by atoms with Crippen molar-refractivity contribution in [2.75, 3.05) is 6.61 Å². The molecule has 0 unspecified atom stereocenters. The lowest BCUT2D eigenvalue weighted by molar-refractivity contribution is -0.130. The monoisotopic (exact) mass is 368 g/mol. The summed E-state index contributed by atoms with van der Waals surface area (Å²) < 4.78 is 10.9. The highest BCUT2D eigenvalue weighted by Crippen LogP contribution is 2.29. The molecule has 0 aliphatic carbocycles. The van der Waals surface area contributed by atoms with E-state index < -0.39 is 0 Å². The van der Waals surface area contributed by atoms with E-state index in [2.05, 4.69) is 12.1 Å². The molecule has 3 aromatic rings. The van der Waals surface area contributed by atoms with Crippen LogP contribution in [0.2, 0.25) is 0 Å². The molecular weight excluding hydrogens is 348 g/mol. The Labute approximate surface area is 164 Å². The molecule has 1 aliphatic heterocycles. The van der Waals surface area contributed by atoms with Crippen molar-refractivity contribution in [1.82, 2.24) is 0 Å². The van der Waals surface area contributed by atoms with Gasteiger partial charge in [0.05, 0.1) is 12.2 Å². The fourth-order valence-corrected chi connectivity index (χ4v) is 3.10. The van der Waals surface area contributed by atoms with Gasteiger partial charge < -0.3 is 9.47 Å². The predicted molar refractivity (Wildman–Crippen MR) is 112 cm³/mol. The third kappa shape index (κ3) is 3.89. The van der Waals surface area contributed by atoms with Crippen molar-refractivity contribution in [1.29, 1.82) is 0 Å². The van der Waals surface area contributed by atoms with Crippen LogP contribution >= 0.6 is 0 Å². The smallest absolute Gasteiger partial charge is 0.343 e. The third-order valence-corrected chi connectivity index (χ3v) is 4.51. The van der Waals surface area contributed by atoms with Gasteiger partial charge in [-0.3, -0.25) is 0 Å². The second-order valence-electron chi connectivity index (χ2n) is 6.44. The summed E-state index contributed by atoms with van der Waals surface area (Å²) in [5.74, 6) is 1.05. The van der Waals surface area contributed by atoms with Crippen molar-refractivity contribution in [2.45, 2.75) is 6.92 Å². The minimum absolute atomic E-state index is 0.337. The van der Waals surface area contributed by atoms with Gasteiger partial charge in [-0.05, 0) is 47.9 Å². The van der Waals surface area contributed by atoms with Gasteiger partial charge in [0, 0.05) is 5.56 Å². The van der Waals surface area contributed by atoms with Crippen LogP contribution in [0.25, 0.3) is 23.0 Å². The Morgan fingerprint density at radius 3 is 2.14 bits per heavy atom. The Hall–Kier alpha value is -3.59. The SMILES string of the molecule is CCOc1ccc(/C=C2\C=C(c3ccc(-c4ccccc4)cc3)OC2=O)cc1. The van der Waals surface area contributed by atoms with Gasteiger partial charge in [-0.1, -0.05) is 66.7 Å². The Kier molecular flexibility index (Phi) is 5.07. The van der Waals surface area contributed by atoms with Gasteiger partial charge in [0.1, 0.15) is 11.5 Å². The highest BCUT2D eigenvalue weighted by atomic mass is 16.5. The van der Waals surface area contributed by atoms with Gasteiger partial charge >= 0.3 is 5.97 Å². The van der Waals surface area contributed by atoms with Crippen molar-refractivity contribution >= 4 is 17.8 Å². The number of hydrogen-bond acceptors (Lipinski definition) is 3. The maximum absolute atomic E-state index is 12.3. The van der Waals surface area contributed by atoms with Crippen LogP contribution in [0.4, 0.5) is 0 Å². The van der Waals surface area contributed by atoms with Crippen molar-refractivity contribution in [2.24, 2.45) is 0 Å². The fraction of sp³-hybridized carbons (Fsp3) is 0.0800. The number of esters is 1. The van der Waals surface area contributed by atoms with Gasteiger partial charge in [0.2, 0.25) is 0 Å². The quantitative estimate of drug-likeness (QED) is 0.426. The maximum atomic E-state index is 12.3. The number of hydrogen-bond donors (Lipinski definition) is 0. The number of carbonyl (C=O) groups is 1. The summed E-state index contributed by atoms with van der Waals surface area (Å²) in [5.41, 5.74) is 4.61. The molecule has 4 rings (SSSR count). The number of cyclic esters (lactones) is 1. The van der Waals surface area contributed by atoms with Crippen molar-refractivity contribution in [3.05, 3.63) is 102 Å². The third-order valence-electron chi connectivity index (χ3n) is 4.51. The minimum atomic E-state index is -0.337. The number of benzene rings is 3. The van der Waals surface area contributed by atoms with E-state index in [0.717, 1.165) is 28.0 Å². The molecule has 3 heteroatoms. The Bertz CT molecular complexity index is 1030. The molecule has 0 amide bonds. The van der Waals surface area contributed by atoms with Crippen molar-refractivity contribution in [3.63, 3.8) is 0 Å². The summed E-state index contributed by atoms with van der Waals surface area (Å²) in [7, 11) is 0. The Balaban J connectivity index is 1.55. The first-order valence-electron chi connectivity index (χ1n) is 9.27. The summed E-state index contributed by atoms with van der Waals surface area (Å²) in [4.78, 5) is 12.3. The van der Waals surface area contributed by atoms with Gasteiger partial charge in [-0.25, -0.2) is 4.79 Å². The van der Waals surface area contributed by atoms with E-state index in [1.807, 2.05) is 79.7 Å². The van der Waals surface area contributed by atoms with Gasteiger partial charge in [-0.2, -0.15) is 0 Å². The molecule has 1 heterocycles. The van der Waals surface area contributed by atoms with E-state index in [9.17, 15) is 4.79 Å². The first-order valence-corrected chi connectivity index (χ1v) is 9.27. The lowest BCUT2D eigenvalue weighted by atomic mass is 10.0. The first-order chi connectivity index (χ1) is 13.7. The van der Waals surface area contributed by atoms with Crippen LogP contribution in [0.1, 0.15) is 18.1 Å². The average Bonchev–Trinajstić information content (AvgIpc) is 3.11.